The Morgan fingerprint density at radius 2 is 2.09 bits per heavy atom. The van der Waals surface area contributed by atoms with Crippen LogP contribution in [0.5, 0.6) is 0 Å². The van der Waals surface area contributed by atoms with Gasteiger partial charge in [-0.15, -0.1) is 16.4 Å². The highest BCUT2D eigenvalue weighted by atomic mass is 32.1. The first-order valence-corrected chi connectivity index (χ1v) is 8.09. The molecule has 0 N–H and O–H groups in total. The minimum atomic E-state index is 0.500. The molecule has 0 aliphatic heterocycles. The lowest BCUT2D eigenvalue weighted by Gasteiger charge is -1.97. The molecule has 116 valence electrons. The van der Waals surface area contributed by atoms with E-state index >= 15 is 0 Å². The van der Waals surface area contributed by atoms with Gasteiger partial charge in [0.1, 0.15) is 10.4 Å². The van der Waals surface area contributed by atoms with Gasteiger partial charge >= 0.3 is 0 Å². The average Bonchev–Trinajstić information content (AvgIpc) is 3.24. The molecule has 0 atom stereocenters. The van der Waals surface area contributed by atoms with Gasteiger partial charge in [-0.3, -0.25) is 0 Å². The third-order valence-electron chi connectivity index (χ3n) is 3.60. The molecule has 4 rings (SSSR count). The topological polar surface area (TPSA) is 82.5 Å². The summed E-state index contributed by atoms with van der Waals surface area (Å²) in [5.41, 5.74) is 3.58. The molecule has 8 heteroatoms. The van der Waals surface area contributed by atoms with Gasteiger partial charge in [0, 0.05) is 12.1 Å². The van der Waals surface area contributed by atoms with Crippen LogP contribution in [-0.4, -0.2) is 30.1 Å². The summed E-state index contributed by atoms with van der Waals surface area (Å²) in [6.45, 7) is 6.72. The van der Waals surface area contributed by atoms with E-state index in [0.717, 1.165) is 38.7 Å². The highest BCUT2D eigenvalue weighted by Crippen LogP contribution is 2.30. The zero-order chi connectivity index (χ0) is 16.0. The van der Waals surface area contributed by atoms with Crippen molar-refractivity contribution >= 4 is 22.4 Å². The Hall–Kier alpha value is -2.61. The zero-order valence-electron chi connectivity index (χ0n) is 12.9. The van der Waals surface area contributed by atoms with Crippen molar-refractivity contribution in [3.63, 3.8) is 0 Å². The van der Waals surface area contributed by atoms with E-state index in [1.807, 2.05) is 43.7 Å². The van der Waals surface area contributed by atoms with Gasteiger partial charge in [0.25, 0.3) is 5.89 Å². The first kappa shape index (κ1) is 14.0. The lowest BCUT2D eigenvalue weighted by Crippen LogP contribution is -1.95. The van der Waals surface area contributed by atoms with E-state index in [1.54, 1.807) is 11.3 Å². The molecule has 0 unspecified atom stereocenters. The van der Waals surface area contributed by atoms with Crippen molar-refractivity contribution in [2.24, 2.45) is 0 Å². The van der Waals surface area contributed by atoms with E-state index in [2.05, 4.69) is 25.4 Å². The van der Waals surface area contributed by atoms with Crippen LogP contribution in [0.1, 0.15) is 17.6 Å². The van der Waals surface area contributed by atoms with E-state index in [4.69, 9.17) is 4.52 Å². The molecule has 3 heterocycles. The summed E-state index contributed by atoms with van der Waals surface area (Å²) in [5, 5.41) is 13.4. The quantitative estimate of drug-likeness (QED) is 0.575. The van der Waals surface area contributed by atoms with Crippen LogP contribution in [0.2, 0.25) is 0 Å². The van der Waals surface area contributed by atoms with Crippen LogP contribution in [-0.2, 0) is 6.54 Å². The molecule has 0 bridgehead atoms. The van der Waals surface area contributed by atoms with Gasteiger partial charge in [-0.25, -0.2) is 9.67 Å². The smallest absolute Gasteiger partial charge is 0.270 e. The molecule has 7 nitrogen and oxygen atoms in total. The first-order valence-electron chi connectivity index (χ1n) is 7.27. The van der Waals surface area contributed by atoms with Crippen molar-refractivity contribution in [2.45, 2.75) is 27.3 Å². The van der Waals surface area contributed by atoms with Gasteiger partial charge in [-0.05, 0) is 39.0 Å². The van der Waals surface area contributed by atoms with Crippen LogP contribution in [0.15, 0.2) is 22.7 Å². The van der Waals surface area contributed by atoms with Crippen LogP contribution in [0.3, 0.4) is 0 Å². The summed E-state index contributed by atoms with van der Waals surface area (Å²) >= 11 is 1.55. The molecule has 0 aliphatic carbocycles. The molecular formula is C15H14N6OS. The molecule has 0 saturated heterocycles. The lowest BCUT2D eigenvalue weighted by molar-refractivity contribution is 0.433. The first-order chi connectivity index (χ1) is 11.2. The second-order valence-corrected chi connectivity index (χ2v) is 6.38. The van der Waals surface area contributed by atoms with E-state index in [-0.39, 0.29) is 0 Å². The summed E-state index contributed by atoms with van der Waals surface area (Å²) < 4.78 is 7.26. The maximum Gasteiger partial charge on any atom is 0.270 e. The van der Waals surface area contributed by atoms with Crippen LogP contribution in [0.4, 0.5) is 0 Å². The van der Waals surface area contributed by atoms with Gasteiger partial charge in [-0.2, -0.15) is 4.98 Å². The molecule has 1 aromatic carbocycles. The maximum atomic E-state index is 5.41. The largest absolute Gasteiger partial charge is 0.333 e. The highest BCUT2D eigenvalue weighted by molar-refractivity contribution is 7.15. The van der Waals surface area contributed by atoms with Gasteiger partial charge in [0.15, 0.2) is 0 Å². The zero-order valence-corrected chi connectivity index (χ0v) is 13.8. The van der Waals surface area contributed by atoms with Crippen molar-refractivity contribution in [3.05, 3.63) is 28.9 Å². The predicted molar refractivity (Wildman–Crippen MR) is 87.1 cm³/mol. The molecule has 3 aromatic heterocycles. The Bertz CT molecular complexity index is 999. The molecule has 0 fully saturated rings. The number of fused-ring (bicyclic) bond motifs is 1. The van der Waals surface area contributed by atoms with E-state index in [9.17, 15) is 0 Å². The minimum Gasteiger partial charge on any atom is -0.333 e. The molecule has 0 saturated carbocycles. The van der Waals surface area contributed by atoms with E-state index in [1.165, 1.54) is 0 Å². The SMILES string of the molecule is CCn1nnc2cc(-c3noc(-c4sc(C)nc4C)n3)ccc21. The standard InChI is InChI=1S/C15H14N6OS/c1-4-21-12-6-5-10(7-11(12)18-20-21)14-17-15(22-19-14)13-8(2)16-9(3)23-13/h5-7H,4H2,1-3H3. The Morgan fingerprint density at radius 1 is 1.22 bits per heavy atom. The minimum absolute atomic E-state index is 0.500. The second kappa shape index (κ2) is 5.24. The van der Waals surface area contributed by atoms with Crippen molar-refractivity contribution in [3.8, 4) is 22.2 Å². The predicted octanol–water partition coefficient (Wildman–Crippen LogP) is 3.24. The van der Waals surface area contributed by atoms with Crippen LogP contribution < -0.4 is 0 Å². The van der Waals surface area contributed by atoms with Crippen LogP contribution in [0.25, 0.3) is 33.2 Å². The lowest BCUT2D eigenvalue weighted by atomic mass is 10.2. The fourth-order valence-corrected chi connectivity index (χ4v) is 3.35. The number of aryl methyl sites for hydroxylation is 3. The Morgan fingerprint density at radius 3 is 2.83 bits per heavy atom. The molecule has 0 aliphatic rings. The normalized spacial score (nSPS) is 11.4. The van der Waals surface area contributed by atoms with Gasteiger partial charge in [-0.1, -0.05) is 10.4 Å². The van der Waals surface area contributed by atoms with Crippen LogP contribution >= 0.6 is 11.3 Å². The molecule has 4 aromatic rings. The van der Waals surface area contributed by atoms with Gasteiger partial charge in [0.05, 0.1) is 16.2 Å². The van der Waals surface area contributed by atoms with Crippen molar-refractivity contribution in [1.29, 1.82) is 0 Å². The number of aromatic nitrogens is 6. The molecule has 0 radical (unpaired) electrons. The summed E-state index contributed by atoms with van der Waals surface area (Å²) in [6, 6.07) is 5.86. The van der Waals surface area contributed by atoms with Crippen molar-refractivity contribution in [2.75, 3.05) is 0 Å². The van der Waals surface area contributed by atoms with Crippen molar-refractivity contribution < 1.29 is 4.52 Å². The Balaban J connectivity index is 1.75. The average molecular weight is 326 g/mol. The fourth-order valence-electron chi connectivity index (χ4n) is 2.51. The summed E-state index contributed by atoms with van der Waals surface area (Å²) in [4.78, 5) is 9.80. The highest BCUT2D eigenvalue weighted by Gasteiger charge is 2.16. The fraction of sp³-hybridized carbons (Fsp3) is 0.267. The summed E-state index contributed by atoms with van der Waals surface area (Å²) in [6.07, 6.45) is 0. The number of thiazole rings is 1. The summed E-state index contributed by atoms with van der Waals surface area (Å²) in [5.74, 6) is 1.04. The number of rotatable bonds is 3. The second-order valence-electron chi connectivity index (χ2n) is 5.18. The molecule has 0 spiro atoms. The van der Waals surface area contributed by atoms with Gasteiger partial charge in [0.2, 0.25) is 5.82 Å². The third kappa shape index (κ3) is 2.31. The number of nitrogens with zero attached hydrogens (tertiary/aromatic N) is 6. The third-order valence-corrected chi connectivity index (χ3v) is 4.66. The van der Waals surface area contributed by atoms with Crippen molar-refractivity contribution in [1.82, 2.24) is 30.1 Å². The van der Waals surface area contributed by atoms with E-state index < -0.39 is 0 Å². The monoisotopic (exact) mass is 326 g/mol. The Labute approximate surface area is 136 Å². The van der Waals surface area contributed by atoms with Crippen LogP contribution in [0, 0.1) is 13.8 Å². The Kier molecular flexibility index (Phi) is 3.19. The van der Waals surface area contributed by atoms with Gasteiger partial charge < -0.3 is 4.52 Å². The van der Waals surface area contributed by atoms with E-state index in [0.29, 0.717) is 11.7 Å². The number of hydrogen-bond acceptors (Lipinski definition) is 7. The molecule has 0 amide bonds. The maximum absolute atomic E-state index is 5.41. The summed E-state index contributed by atoms with van der Waals surface area (Å²) in [7, 11) is 0. The molecule has 23 heavy (non-hydrogen) atoms. The number of hydrogen-bond donors (Lipinski definition) is 0. The molecular weight excluding hydrogens is 312 g/mol. The number of benzene rings is 1.